The van der Waals surface area contributed by atoms with Crippen LogP contribution in [0.4, 0.5) is 5.69 Å². The van der Waals surface area contributed by atoms with Gasteiger partial charge >= 0.3 is 0 Å². The standard InChI is InChI=1S/C18H27N3O2/c1-4-18(19,5-2)12-20-17(23)14-10-16(22)21(11-14)15-8-6-13(3)7-9-15/h6-9,14H,4-5,10-12,19H2,1-3H3,(H,20,23). The Morgan fingerprint density at radius 2 is 1.91 bits per heavy atom. The lowest BCUT2D eigenvalue weighted by Gasteiger charge is -2.27. The van der Waals surface area contributed by atoms with E-state index in [1.165, 1.54) is 0 Å². The number of amides is 2. The van der Waals surface area contributed by atoms with Crippen molar-refractivity contribution >= 4 is 17.5 Å². The van der Waals surface area contributed by atoms with Gasteiger partial charge in [-0.1, -0.05) is 31.5 Å². The molecule has 5 heteroatoms. The fraction of sp³-hybridized carbons (Fsp3) is 0.556. The average molecular weight is 317 g/mol. The maximum atomic E-state index is 12.4. The van der Waals surface area contributed by atoms with Crippen LogP contribution in [0, 0.1) is 12.8 Å². The minimum Gasteiger partial charge on any atom is -0.354 e. The molecule has 23 heavy (non-hydrogen) atoms. The number of nitrogens with two attached hydrogens (primary N) is 1. The summed E-state index contributed by atoms with van der Waals surface area (Å²) in [5.41, 5.74) is 7.84. The van der Waals surface area contributed by atoms with Gasteiger partial charge in [-0.3, -0.25) is 9.59 Å². The molecule has 1 aliphatic rings. The van der Waals surface area contributed by atoms with Crippen molar-refractivity contribution in [3.8, 4) is 0 Å². The van der Waals surface area contributed by atoms with E-state index in [4.69, 9.17) is 5.73 Å². The molecule has 2 rings (SSSR count). The fourth-order valence-electron chi connectivity index (χ4n) is 2.76. The topological polar surface area (TPSA) is 75.4 Å². The van der Waals surface area contributed by atoms with E-state index in [0.717, 1.165) is 24.1 Å². The van der Waals surface area contributed by atoms with Crippen molar-refractivity contribution in [3.63, 3.8) is 0 Å². The summed E-state index contributed by atoms with van der Waals surface area (Å²) in [6.45, 7) is 6.94. The van der Waals surface area contributed by atoms with Crippen LogP contribution in [-0.4, -0.2) is 30.4 Å². The van der Waals surface area contributed by atoms with Gasteiger partial charge in [0.05, 0.1) is 5.92 Å². The fourth-order valence-corrected chi connectivity index (χ4v) is 2.76. The van der Waals surface area contributed by atoms with E-state index in [0.29, 0.717) is 13.1 Å². The molecule has 1 unspecified atom stereocenters. The molecule has 1 aliphatic heterocycles. The highest BCUT2D eigenvalue weighted by atomic mass is 16.2. The molecule has 0 bridgehead atoms. The van der Waals surface area contributed by atoms with Crippen molar-refractivity contribution in [1.82, 2.24) is 5.32 Å². The minimum absolute atomic E-state index is 0.000928. The van der Waals surface area contributed by atoms with Crippen molar-refractivity contribution in [3.05, 3.63) is 29.8 Å². The van der Waals surface area contributed by atoms with E-state index in [9.17, 15) is 9.59 Å². The van der Waals surface area contributed by atoms with Gasteiger partial charge in [0.25, 0.3) is 0 Å². The second-order valence-electron chi connectivity index (χ2n) is 6.53. The second kappa shape index (κ2) is 7.13. The van der Waals surface area contributed by atoms with Gasteiger partial charge in [-0.05, 0) is 31.9 Å². The number of rotatable bonds is 6. The number of hydrogen-bond acceptors (Lipinski definition) is 3. The van der Waals surface area contributed by atoms with Gasteiger partial charge in [0.1, 0.15) is 0 Å². The van der Waals surface area contributed by atoms with E-state index in [2.05, 4.69) is 5.32 Å². The molecule has 1 atom stereocenters. The van der Waals surface area contributed by atoms with Crippen LogP contribution in [0.2, 0.25) is 0 Å². The number of carbonyl (C=O) groups is 2. The first-order valence-electron chi connectivity index (χ1n) is 8.32. The largest absolute Gasteiger partial charge is 0.354 e. The van der Waals surface area contributed by atoms with Gasteiger partial charge in [0.15, 0.2) is 0 Å². The SMILES string of the molecule is CCC(N)(CC)CNC(=O)C1CC(=O)N(c2ccc(C)cc2)C1. The monoisotopic (exact) mass is 317 g/mol. The van der Waals surface area contributed by atoms with Gasteiger partial charge in [0.2, 0.25) is 11.8 Å². The van der Waals surface area contributed by atoms with Crippen LogP contribution >= 0.6 is 0 Å². The lowest BCUT2D eigenvalue weighted by atomic mass is 9.94. The molecule has 0 aromatic heterocycles. The molecule has 1 saturated heterocycles. The van der Waals surface area contributed by atoms with E-state index in [1.54, 1.807) is 4.90 Å². The molecular formula is C18H27N3O2. The lowest BCUT2D eigenvalue weighted by Crippen LogP contribution is -2.50. The Hall–Kier alpha value is -1.88. The van der Waals surface area contributed by atoms with Crippen molar-refractivity contribution in [2.45, 2.75) is 45.6 Å². The first kappa shape index (κ1) is 17.5. The van der Waals surface area contributed by atoms with Crippen LogP contribution in [0.15, 0.2) is 24.3 Å². The molecule has 0 radical (unpaired) electrons. The average Bonchev–Trinajstić information content (AvgIpc) is 2.95. The number of aryl methyl sites for hydroxylation is 1. The summed E-state index contributed by atoms with van der Waals surface area (Å²) >= 11 is 0. The highest BCUT2D eigenvalue weighted by Crippen LogP contribution is 2.25. The summed E-state index contributed by atoms with van der Waals surface area (Å²) in [6, 6.07) is 7.79. The molecule has 1 aromatic rings. The number of carbonyl (C=O) groups excluding carboxylic acids is 2. The second-order valence-corrected chi connectivity index (χ2v) is 6.53. The first-order chi connectivity index (χ1) is 10.9. The van der Waals surface area contributed by atoms with Crippen LogP contribution in [0.25, 0.3) is 0 Å². The minimum atomic E-state index is -0.366. The van der Waals surface area contributed by atoms with E-state index >= 15 is 0 Å². The zero-order chi connectivity index (χ0) is 17.0. The predicted molar refractivity (Wildman–Crippen MR) is 92.1 cm³/mol. The molecule has 126 valence electrons. The Bertz CT molecular complexity index is 564. The summed E-state index contributed by atoms with van der Waals surface area (Å²) in [4.78, 5) is 26.3. The molecule has 0 saturated carbocycles. The Kier molecular flexibility index (Phi) is 5.42. The van der Waals surface area contributed by atoms with Crippen molar-refractivity contribution in [2.75, 3.05) is 18.0 Å². The Morgan fingerprint density at radius 1 is 1.30 bits per heavy atom. The van der Waals surface area contributed by atoms with Gasteiger partial charge in [-0.25, -0.2) is 0 Å². The van der Waals surface area contributed by atoms with Gasteiger partial charge in [-0.15, -0.1) is 0 Å². The third-order valence-corrected chi connectivity index (χ3v) is 4.86. The molecule has 3 N–H and O–H groups in total. The summed E-state index contributed by atoms with van der Waals surface area (Å²) in [7, 11) is 0. The molecule has 0 spiro atoms. The Morgan fingerprint density at radius 3 is 2.48 bits per heavy atom. The maximum absolute atomic E-state index is 12.4. The number of anilines is 1. The zero-order valence-corrected chi connectivity index (χ0v) is 14.3. The van der Waals surface area contributed by atoms with Gasteiger partial charge < -0.3 is 16.0 Å². The lowest BCUT2D eigenvalue weighted by molar-refractivity contribution is -0.126. The summed E-state index contributed by atoms with van der Waals surface area (Å²) in [5, 5.41) is 2.93. The predicted octanol–water partition coefficient (Wildman–Crippen LogP) is 1.98. The normalized spacial score (nSPS) is 18.3. The van der Waals surface area contributed by atoms with Crippen molar-refractivity contribution in [2.24, 2.45) is 11.7 Å². The van der Waals surface area contributed by atoms with Crippen molar-refractivity contribution < 1.29 is 9.59 Å². The number of hydrogen-bond donors (Lipinski definition) is 2. The molecule has 1 aromatic carbocycles. The third-order valence-electron chi connectivity index (χ3n) is 4.86. The highest BCUT2D eigenvalue weighted by Gasteiger charge is 2.35. The van der Waals surface area contributed by atoms with E-state index in [-0.39, 0.29) is 29.7 Å². The summed E-state index contributed by atoms with van der Waals surface area (Å²) < 4.78 is 0. The van der Waals surface area contributed by atoms with Crippen molar-refractivity contribution in [1.29, 1.82) is 0 Å². The number of benzene rings is 1. The maximum Gasteiger partial charge on any atom is 0.227 e. The van der Waals surface area contributed by atoms with Crippen LogP contribution in [0.3, 0.4) is 0 Å². The van der Waals surface area contributed by atoms with E-state index < -0.39 is 0 Å². The summed E-state index contributed by atoms with van der Waals surface area (Å²) in [6.07, 6.45) is 1.88. The molecule has 0 aliphatic carbocycles. The van der Waals surface area contributed by atoms with Gasteiger partial charge in [-0.2, -0.15) is 0 Å². The van der Waals surface area contributed by atoms with Gasteiger partial charge in [0, 0.05) is 30.7 Å². The molecule has 1 heterocycles. The molecule has 2 amide bonds. The molecule has 1 fully saturated rings. The van der Waals surface area contributed by atoms with Crippen LogP contribution in [0.5, 0.6) is 0 Å². The quantitative estimate of drug-likeness (QED) is 0.842. The first-order valence-corrected chi connectivity index (χ1v) is 8.32. The van der Waals surface area contributed by atoms with Crippen LogP contribution in [0.1, 0.15) is 38.7 Å². The molecular weight excluding hydrogens is 290 g/mol. The molecule has 5 nitrogen and oxygen atoms in total. The third kappa shape index (κ3) is 4.10. The highest BCUT2D eigenvalue weighted by molar-refractivity contribution is 6.00. The van der Waals surface area contributed by atoms with E-state index in [1.807, 2.05) is 45.0 Å². The summed E-state index contributed by atoms with van der Waals surface area (Å²) in [5.74, 6) is -0.384. The number of nitrogens with zero attached hydrogens (tertiary/aromatic N) is 1. The number of nitrogens with one attached hydrogen (secondary N) is 1. The Labute approximate surface area is 138 Å². The Balaban J connectivity index is 1.96. The van der Waals surface area contributed by atoms with Crippen LogP contribution in [-0.2, 0) is 9.59 Å². The van der Waals surface area contributed by atoms with Crippen LogP contribution < -0.4 is 16.0 Å². The smallest absolute Gasteiger partial charge is 0.227 e. The zero-order valence-electron chi connectivity index (χ0n) is 14.3.